The molecule has 0 radical (unpaired) electrons. The van der Waals surface area contributed by atoms with Gasteiger partial charge in [-0.15, -0.1) is 11.3 Å². The first-order valence-corrected chi connectivity index (χ1v) is 12.4. The number of rotatable bonds is 9. The zero-order valence-corrected chi connectivity index (χ0v) is 20.2. The zero-order chi connectivity index (χ0) is 22.3. The number of thiophene rings is 1. The molecule has 9 heteroatoms. The molecule has 32 heavy (non-hydrogen) atoms. The van der Waals surface area contributed by atoms with Crippen LogP contribution in [0, 0.1) is 0 Å². The largest absolute Gasteiger partial charge is 0.489 e. The predicted octanol–water partition coefficient (Wildman–Crippen LogP) is 4.06. The third-order valence-electron chi connectivity index (χ3n) is 5.44. The molecule has 2 aromatic heterocycles. The number of morpholine rings is 1. The van der Waals surface area contributed by atoms with Crippen LogP contribution in [0.15, 0.2) is 40.3 Å². The van der Waals surface area contributed by atoms with Crippen molar-refractivity contribution in [3.63, 3.8) is 0 Å². The summed E-state index contributed by atoms with van der Waals surface area (Å²) in [5, 5.41) is 5.81. The molecule has 1 saturated heterocycles. The lowest BCUT2D eigenvalue weighted by Crippen LogP contribution is -2.37. The number of nitrogen functional groups attached to an aromatic ring is 1. The number of hydrogen-bond donors (Lipinski definition) is 2. The minimum absolute atomic E-state index is 0.115. The number of amides is 1. The Kier molecular flexibility index (Phi) is 7.96. The highest BCUT2D eigenvalue weighted by molar-refractivity contribution is 9.10. The summed E-state index contributed by atoms with van der Waals surface area (Å²) in [5.41, 5.74) is 7.64. The fourth-order valence-electron chi connectivity index (χ4n) is 3.67. The SMILES string of the molecule is Nc1ncc(C(=O)NCCCCN2CCOCC2)c2scc(COc3ccc(Br)cc3)c12. The van der Waals surface area contributed by atoms with Crippen LogP contribution >= 0.6 is 27.3 Å². The number of halogens is 1. The van der Waals surface area contributed by atoms with Gasteiger partial charge in [0.2, 0.25) is 0 Å². The number of ether oxygens (including phenoxy) is 2. The Morgan fingerprint density at radius 1 is 1.25 bits per heavy atom. The average molecular weight is 519 g/mol. The van der Waals surface area contributed by atoms with Crippen LogP contribution in [0.5, 0.6) is 5.75 Å². The smallest absolute Gasteiger partial charge is 0.254 e. The Morgan fingerprint density at radius 2 is 2.03 bits per heavy atom. The number of hydrogen-bond acceptors (Lipinski definition) is 7. The van der Waals surface area contributed by atoms with Gasteiger partial charge in [-0.05, 0) is 49.0 Å². The molecule has 0 unspecified atom stereocenters. The molecule has 3 aromatic rings. The van der Waals surface area contributed by atoms with Crippen LogP contribution < -0.4 is 15.8 Å². The van der Waals surface area contributed by atoms with Crippen molar-refractivity contribution in [3.8, 4) is 5.75 Å². The molecule has 0 saturated carbocycles. The van der Waals surface area contributed by atoms with Crippen LogP contribution in [0.3, 0.4) is 0 Å². The van der Waals surface area contributed by atoms with E-state index in [1.807, 2.05) is 29.6 Å². The molecule has 1 aliphatic heterocycles. The Bertz CT molecular complexity index is 1050. The number of pyridine rings is 1. The maximum atomic E-state index is 12.8. The summed E-state index contributed by atoms with van der Waals surface area (Å²) in [6.07, 6.45) is 3.55. The number of carbonyl (C=O) groups is 1. The second-order valence-corrected chi connectivity index (χ2v) is 9.48. The fourth-order valence-corrected chi connectivity index (χ4v) is 5.01. The third-order valence-corrected chi connectivity index (χ3v) is 7.03. The maximum Gasteiger partial charge on any atom is 0.254 e. The highest BCUT2D eigenvalue weighted by atomic mass is 79.9. The Morgan fingerprint density at radius 3 is 2.81 bits per heavy atom. The summed E-state index contributed by atoms with van der Waals surface area (Å²) >= 11 is 4.92. The number of carbonyl (C=O) groups excluding carboxylic acids is 1. The summed E-state index contributed by atoms with van der Waals surface area (Å²) in [6, 6.07) is 7.66. The lowest BCUT2D eigenvalue weighted by Gasteiger charge is -2.26. The lowest BCUT2D eigenvalue weighted by atomic mass is 10.1. The van der Waals surface area contributed by atoms with E-state index in [0.29, 0.717) is 24.5 Å². The maximum absolute atomic E-state index is 12.8. The van der Waals surface area contributed by atoms with Gasteiger partial charge in [-0.3, -0.25) is 9.69 Å². The topological polar surface area (TPSA) is 89.7 Å². The normalized spacial score (nSPS) is 14.5. The molecule has 7 nitrogen and oxygen atoms in total. The first-order chi connectivity index (χ1) is 15.6. The Balaban J connectivity index is 1.34. The first kappa shape index (κ1) is 23.0. The second kappa shape index (κ2) is 11.1. The van der Waals surface area contributed by atoms with E-state index in [1.54, 1.807) is 6.20 Å². The molecule has 4 rings (SSSR count). The summed E-state index contributed by atoms with van der Waals surface area (Å²) in [6.45, 7) is 5.66. The number of anilines is 1. The molecule has 3 N–H and O–H groups in total. The van der Waals surface area contributed by atoms with E-state index < -0.39 is 0 Å². The highest BCUT2D eigenvalue weighted by Crippen LogP contribution is 2.33. The molecule has 0 spiro atoms. The Labute approximate surface area is 200 Å². The first-order valence-electron chi connectivity index (χ1n) is 10.7. The van der Waals surface area contributed by atoms with Gasteiger partial charge in [0.05, 0.1) is 23.5 Å². The predicted molar refractivity (Wildman–Crippen MR) is 131 cm³/mol. The third kappa shape index (κ3) is 5.78. The van der Waals surface area contributed by atoms with Crippen molar-refractivity contribution in [3.05, 3.63) is 51.4 Å². The van der Waals surface area contributed by atoms with Gasteiger partial charge in [0.25, 0.3) is 5.91 Å². The van der Waals surface area contributed by atoms with Crippen LogP contribution in [0.2, 0.25) is 0 Å². The number of aromatic nitrogens is 1. The van der Waals surface area contributed by atoms with Crippen LogP contribution in [-0.2, 0) is 11.3 Å². The number of nitrogens with zero attached hydrogens (tertiary/aromatic N) is 2. The van der Waals surface area contributed by atoms with E-state index >= 15 is 0 Å². The lowest BCUT2D eigenvalue weighted by molar-refractivity contribution is 0.0372. The van der Waals surface area contributed by atoms with Crippen molar-refractivity contribution in [1.82, 2.24) is 15.2 Å². The summed E-state index contributed by atoms with van der Waals surface area (Å²) < 4.78 is 13.1. The number of unbranched alkanes of at least 4 members (excludes halogenated alkanes) is 1. The molecule has 0 atom stereocenters. The van der Waals surface area contributed by atoms with Crippen molar-refractivity contribution in [2.75, 3.05) is 45.1 Å². The number of nitrogens with two attached hydrogens (primary N) is 1. The molecule has 3 heterocycles. The summed E-state index contributed by atoms with van der Waals surface area (Å²) in [4.78, 5) is 19.5. The van der Waals surface area contributed by atoms with Crippen molar-refractivity contribution in [1.29, 1.82) is 0 Å². The second-order valence-electron chi connectivity index (χ2n) is 7.68. The van der Waals surface area contributed by atoms with Crippen molar-refractivity contribution >= 4 is 49.1 Å². The van der Waals surface area contributed by atoms with Crippen LogP contribution in [-0.4, -0.2) is 55.2 Å². The molecule has 0 aliphatic carbocycles. The van der Waals surface area contributed by atoms with Crippen LogP contribution in [0.4, 0.5) is 5.82 Å². The van der Waals surface area contributed by atoms with E-state index in [9.17, 15) is 4.79 Å². The minimum Gasteiger partial charge on any atom is -0.489 e. The van der Waals surface area contributed by atoms with E-state index in [0.717, 1.165) is 71.6 Å². The molecular weight excluding hydrogens is 492 g/mol. The number of benzene rings is 1. The summed E-state index contributed by atoms with van der Waals surface area (Å²) in [7, 11) is 0. The molecule has 170 valence electrons. The van der Waals surface area contributed by atoms with Gasteiger partial charge >= 0.3 is 0 Å². The number of nitrogens with one attached hydrogen (secondary N) is 1. The standard InChI is InChI=1S/C23H27BrN4O3S/c24-17-3-5-18(6-4-17)31-14-16-15-32-21-19(13-27-22(25)20(16)21)23(29)26-7-1-2-8-28-9-11-30-12-10-28/h3-6,13,15H,1-2,7-12,14H2,(H2,25,27)(H,26,29). The van der Waals surface area contributed by atoms with E-state index in [4.69, 9.17) is 15.2 Å². The van der Waals surface area contributed by atoms with Crippen molar-refractivity contribution < 1.29 is 14.3 Å². The van der Waals surface area contributed by atoms with Gasteiger partial charge < -0.3 is 20.5 Å². The quantitative estimate of drug-likeness (QED) is 0.415. The van der Waals surface area contributed by atoms with Gasteiger partial charge in [-0.1, -0.05) is 15.9 Å². The van der Waals surface area contributed by atoms with Gasteiger partial charge in [0.15, 0.2) is 0 Å². The molecule has 0 bridgehead atoms. The van der Waals surface area contributed by atoms with E-state index in [1.165, 1.54) is 11.3 Å². The van der Waals surface area contributed by atoms with Crippen LogP contribution in [0.25, 0.3) is 10.1 Å². The van der Waals surface area contributed by atoms with Gasteiger partial charge in [0, 0.05) is 41.3 Å². The van der Waals surface area contributed by atoms with E-state index in [-0.39, 0.29) is 5.91 Å². The van der Waals surface area contributed by atoms with Crippen molar-refractivity contribution in [2.45, 2.75) is 19.4 Å². The van der Waals surface area contributed by atoms with Gasteiger partial charge in [-0.25, -0.2) is 4.98 Å². The molecule has 1 amide bonds. The molecule has 1 aliphatic rings. The Hall–Kier alpha value is -2.20. The van der Waals surface area contributed by atoms with Gasteiger partial charge in [0.1, 0.15) is 18.2 Å². The monoisotopic (exact) mass is 518 g/mol. The summed E-state index contributed by atoms with van der Waals surface area (Å²) in [5.74, 6) is 1.07. The highest BCUT2D eigenvalue weighted by Gasteiger charge is 2.17. The molecule has 1 aromatic carbocycles. The number of fused-ring (bicyclic) bond motifs is 1. The zero-order valence-electron chi connectivity index (χ0n) is 17.8. The minimum atomic E-state index is -0.115. The van der Waals surface area contributed by atoms with Crippen molar-refractivity contribution in [2.24, 2.45) is 0 Å². The average Bonchev–Trinajstić information content (AvgIpc) is 3.24. The molecule has 1 fully saturated rings. The van der Waals surface area contributed by atoms with Gasteiger partial charge in [-0.2, -0.15) is 0 Å². The fraction of sp³-hybridized carbons (Fsp3) is 0.391. The van der Waals surface area contributed by atoms with Crippen LogP contribution in [0.1, 0.15) is 28.8 Å². The molecular formula is C23H27BrN4O3S. The van der Waals surface area contributed by atoms with E-state index in [2.05, 4.69) is 31.1 Å².